The third kappa shape index (κ3) is 4.53. The highest BCUT2D eigenvalue weighted by molar-refractivity contribution is 6.33. The number of rotatable bonds is 2. The van der Waals surface area contributed by atoms with Gasteiger partial charge in [0.25, 0.3) is 0 Å². The van der Waals surface area contributed by atoms with Gasteiger partial charge < -0.3 is 10.6 Å². The number of hydrogen-bond donors (Lipinski definition) is 2. The fourth-order valence-corrected chi connectivity index (χ4v) is 3.07. The molecule has 0 heterocycles. The van der Waals surface area contributed by atoms with Crippen molar-refractivity contribution in [3.63, 3.8) is 0 Å². The maximum Gasteiger partial charge on any atom is 0.416 e. The second-order valence-electron chi connectivity index (χ2n) is 6.16. The van der Waals surface area contributed by atoms with Gasteiger partial charge in [0, 0.05) is 6.04 Å². The van der Waals surface area contributed by atoms with Crippen molar-refractivity contribution in [2.75, 3.05) is 5.32 Å². The van der Waals surface area contributed by atoms with Crippen LogP contribution in [0, 0.1) is 11.8 Å². The number of anilines is 1. The second kappa shape index (κ2) is 6.99. The first kappa shape index (κ1) is 17.9. The van der Waals surface area contributed by atoms with Crippen LogP contribution in [0.5, 0.6) is 0 Å². The molecule has 1 saturated carbocycles. The van der Waals surface area contributed by atoms with E-state index in [0.29, 0.717) is 11.8 Å². The van der Waals surface area contributed by atoms with Gasteiger partial charge in [-0.2, -0.15) is 13.2 Å². The Bertz CT molecular complexity index is 577. The van der Waals surface area contributed by atoms with Crippen LogP contribution in [0.1, 0.15) is 38.7 Å². The molecular weight excluding hydrogens is 329 g/mol. The van der Waals surface area contributed by atoms with Gasteiger partial charge in [0.15, 0.2) is 0 Å². The third-order valence-electron chi connectivity index (χ3n) is 4.57. The monoisotopic (exact) mass is 348 g/mol. The Morgan fingerprint density at radius 3 is 2.61 bits per heavy atom. The van der Waals surface area contributed by atoms with E-state index in [1.807, 2.05) is 0 Å². The summed E-state index contributed by atoms with van der Waals surface area (Å²) in [5.74, 6) is 0.831. The van der Waals surface area contributed by atoms with Gasteiger partial charge in [0.05, 0.1) is 16.3 Å². The van der Waals surface area contributed by atoms with E-state index in [0.717, 1.165) is 37.5 Å². The fourth-order valence-electron chi connectivity index (χ4n) is 2.91. The molecule has 128 valence electrons. The molecule has 0 unspecified atom stereocenters. The number of amides is 2. The molecule has 23 heavy (non-hydrogen) atoms. The SMILES string of the molecule is C[C@@H]1[C@@H](C)CCC[C@H]1NC(=O)Nc1cc(C(F)(F)F)ccc1Cl. The molecule has 2 N–H and O–H groups in total. The van der Waals surface area contributed by atoms with E-state index in [1.165, 1.54) is 0 Å². The van der Waals surface area contributed by atoms with Gasteiger partial charge in [0.2, 0.25) is 0 Å². The zero-order chi connectivity index (χ0) is 17.2. The summed E-state index contributed by atoms with van der Waals surface area (Å²) in [6.07, 6.45) is -1.46. The minimum atomic E-state index is -4.48. The van der Waals surface area contributed by atoms with Crippen LogP contribution in [0.2, 0.25) is 5.02 Å². The van der Waals surface area contributed by atoms with Crippen molar-refractivity contribution in [3.8, 4) is 0 Å². The van der Waals surface area contributed by atoms with E-state index in [9.17, 15) is 18.0 Å². The molecule has 0 aromatic heterocycles. The van der Waals surface area contributed by atoms with Gasteiger partial charge in [0.1, 0.15) is 0 Å². The normalized spacial score (nSPS) is 25.0. The Morgan fingerprint density at radius 1 is 1.26 bits per heavy atom. The van der Waals surface area contributed by atoms with Crippen molar-refractivity contribution in [2.45, 2.75) is 45.3 Å². The zero-order valence-corrected chi connectivity index (χ0v) is 13.8. The molecule has 0 spiro atoms. The molecule has 2 rings (SSSR count). The first-order chi connectivity index (χ1) is 10.7. The Morgan fingerprint density at radius 2 is 1.96 bits per heavy atom. The molecule has 1 fully saturated rings. The summed E-state index contributed by atoms with van der Waals surface area (Å²) in [6.45, 7) is 4.21. The van der Waals surface area contributed by atoms with Gasteiger partial charge in [-0.1, -0.05) is 38.3 Å². The van der Waals surface area contributed by atoms with E-state index in [4.69, 9.17) is 11.6 Å². The van der Waals surface area contributed by atoms with Crippen LogP contribution in [0.3, 0.4) is 0 Å². The summed E-state index contributed by atoms with van der Waals surface area (Å²) in [5.41, 5.74) is -0.896. The summed E-state index contributed by atoms with van der Waals surface area (Å²) >= 11 is 5.88. The summed E-state index contributed by atoms with van der Waals surface area (Å²) < 4.78 is 38.2. The topological polar surface area (TPSA) is 41.1 Å². The highest BCUT2D eigenvalue weighted by Gasteiger charge is 2.31. The smallest absolute Gasteiger partial charge is 0.335 e. The van der Waals surface area contributed by atoms with Crippen LogP contribution < -0.4 is 10.6 Å². The van der Waals surface area contributed by atoms with Crippen LogP contribution in [0.4, 0.5) is 23.7 Å². The first-order valence-corrected chi connectivity index (χ1v) is 8.00. The van der Waals surface area contributed by atoms with Crippen LogP contribution in [-0.2, 0) is 6.18 Å². The summed E-state index contributed by atoms with van der Waals surface area (Å²) in [7, 11) is 0. The number of carbonyl (C=O) groups excluding carboxylic acids is 1. The molecule has 1 aliphatic rings. The summed E-state index contributed by atoms with van der Waals surface area (Å²) in [4.78, 5) is 12.1. The maximum absolute atomic E-state index is 12.7. The number of benzene rings is 1. The molecule has 7 heteroatoms. The standard InChI is InChI=1S/C16H20ClF3N2O/c1-9-4-3-5-13(10(9)2)21-15(23)22-14-8-11(16(18,19)20)6-7-12(14)17/h6-10,13H,3-5H2,1-2H3,(H2,21,22,23)/t9-,10+,13+/m0/s1. The van der Waals surface area contributed by atoms with E-state index < -0.39 is 17.8 Å². The number of alkyl halides is 3. The predicted octanol–water partition coefficient (Wildman–Crippen LogP) is 5.31. The number of hydrogen-bond acceptors (Lipinski definition) is 1. The molecular formula is C16H20ClF3N2O. The Hall–Kier alpha value is -1.43. The first-order valence-electron chi connectivity index (χ1n) is 7.62. The van der Waals surface area contributed by atoms with E-state index in [2.05, 4.69) is 24.5 Å². The fraction of sp³-hybridized carbons (Fsp3) is 0.562. The lowest BCUT2D eigenvalue weighted by atomic mass is 9.78. The quantitative estimate of drug-likeness (QED) is 0.747. The number of urea groups is 1. The zero-order valence-electron chi connectivity index (χ0n) is 13.0. The van der Waals surface area contributed by atoms with Gasteiger partial charge in [-0.05, 0) is 36.5 Å². The average molecular weight is 349 g/mol. The van der Waals surface area contributed by atoms with Crippen molar-refractivity contribution in [2.24, 2.45) is 11.8 Å². The molecule has 2 amide bonds. The summed E-state index contributed by atoms with van der Waals surface area (Å²) in [5, 5.41) is 5.33. The van der Waals surface area contributed by atoms with Crippen molar-refractivity contribution in [1.29, 1.82) is 0 Å². The van der Waals surface area contributed by atoms with E-state index in [-0.39, 0.29) is 16.8 Å². The molecule has 0 aliphatic heterocycles. The van der Waals surface area contributed by atoms with Crippen molar-refractivity contribution in [3.05, 3.63) is 28.8 Å². The lowest BCUT2D eigenvalue weighted by Crippen LogP contribution is -2.45. The van der Waals surface area contributed by atoms with Gasteiger partial charge >= 0.3 is 12.2 Å². The molecule has 1 aromatic carbocycles. The van der Waals surface area contributed by atoms with Crippen molar-refractivity contribution < 1.29 is 18.0 Å². The molecule has 3 atom stereocenters. The van der Waals surface area contributed by atoms with Gasteiger partial charge in [-0.15, -0.1) is 0 Å². The third-order valence-corrected chi connectivity index (χ3v) is 4.89. The molecule has 0 bridgehead atoms. The van der Waals surface area contributed by atoms with Crippen molar-refractivity contribution in [1.82, 2.24) is 5.32 Å². The minimum absolute atomic E-state index is 0.0170. The van der Waals surface area contributed by atoms with Crippen LogP contribution in [0.25, 0.3) is 0 Å². The second-order valence-corrected chi connectivity index (χ2v) is 6.57. The highest BCUT2D eigenvalue weighted by Crippen LogP contribution is 2.34. The van der Waals surface area contributed by atoms with E-state index in [1.54, 1.807) is 0 Å². The van der Waals surface area contributed by atoms with Gasteiger partial charge in [-0.25, -0.2) is 4.79 Å². The van der Waals surface area contributed by atoms with Crippen LogP contribution in [-0.4, -0.2) is 12.1 Å². The lowest BCUT2D eigenvalue weighted by Gasteiger charge is -2.34. The number of carbonyl (C=O) groups is 1. The Labute approximate surface area is 138 Å². The Balaban J connectivity index is 2.05. The number of halogens is 4. The van der Waals surface area contributed by atoms with Gasteiger partial charge in [-0.3, -0.25) is 0 Å². The maximum atomic E-state index is 12.7. The molecule has 1 aromatic rings. The minimum Gasteiger partial charge on any atom is -0.335 e. The largest absolute Gasteiger partial charge is 0.416 e. The van der Waals surface area contributed by atoms with Crippen molar-refractivity contribution >= 4 is 23.3 Å². The highest BCUT2D eigenvalue weighted by atomic mass is 35.5. The average Bonchev–Trinajstić information content (AvgIpc) is 2.45. The molecule has 3 nitrogen and oxygen atoms in total. The lowest BCUT2D eigenvalue weighted by molar-refractivity contribution is -0.137. The predicted molar refractivity (Wildman–Crippen MR) is 84.6 cm³/mol. The Kier molecular flexibility index (Phi) is 5.45. The molecule has 0 radical (unpaired) electrons. The number of nitrogens with one attached hydrogen (secondary N) is 2. The molecule has 1 aliphatic carbocycles. The molecule has 0 saturated heterocycles. The summed E-state index contributed by atoms with van der Waals surface area (Å²) in [6, 6.07) is 2.34. The van der Waals surface area contributed by atoms with Crippen LogP contribution >= 0.6 is 11.6 Å². The van der Waals surface area contributed by atoms with E-state index >= 15 is 0 Å². The van der Waals surface area contributed by atoms with Crippen LogP contribution in [0.15, 0.2) is 18.2 Å².